The van der Waals surface area contributed by atoms with Crippen molar-refractivity contribution in [3.63, 3.8) is 0 Å². The lowest BCUT2D eigenvalue weighted by Gasteiger charge is -2.39. The molecule has 0 spiro atoms. The van der Waals surface area contributed by atoms with Crippen LogP contribution in [-0.2, 0) is 4.74 Å². The monoisotopic (exact) mass is 326 g/mol. The molecule has 1 amide bonds. The lowest BCUT2D eigenvalue weighted by molar-refractivity contribution is -0.0440. The van der Waals surface area contributed by atoms with E-state index in [0.717, 1.165) is 23.9 Å². The third-order valence-corrected chi connectivity index (χ3v) is 4.40. The number of nitrogen functional groups attached to an aromatic ring is 1. The Morgan fingerprint density at radius 2 is 2.26 bits per heavy atom. The molecule has 0 saturated carbocycles. The maximum atomic E-state index is 12.5. The van der Waals surface area contributed by atoms with E-state index in [4.69, 9.17) is 10.5 Å². The highest BCUT2D eigenvalue weighted by atomic mass is 79.9. The van der Waals surface area contributed by atoms with Crippen molar-refractivity contribution in [2.45, 2.75) is 25.4 Å². The van der Waals surface area contributed by atoms with Gasteiger partial charge in [-0.1, -0.05) is 0 Å². The van der Waals surface area contributed by atoms with Gasteiger partial charge >= 0.3 is 0 Å². The molecule has 1 aliphatic heterocycles. The smallest absolute Gasteiger partial charge is 0.254 e. The van der Waals surface area contributed by atoms with Crippen LogP contribution in [0.1, 0.15) is 30.1 Å². The highest BCUT2D eigenvalue weighted by Gasteiger charge is 2.33. The molecule has 2 N–H and O–H groups in total. The third kappa shape index (κ3) is 3.09. The van der Waals surface area contributed by atoms with Crippen LogP contribution in [-0.4, -0.2) is 36.6 Å². The van der Waals surface area contributed by atoms with Gasteiger partial charge in [0.1, 0.15) is 0 Å². The SMILES string of the molecule is COC1(C)CCCN(C(=O)c2ccc(Br)c(N)c2)C1. The second kappa shape index (κ2) is 5.51. The molecule has 0 aliphatic carbocycles. The first-order valence-corrected chi connectivity index (χ1v) is 7.14. The Hall–Kier alpha value is -1.07. The van der Waals surface area contributed by atoms with Crippen molar-refractivity contribution in [1.29, 1.82) is 0 Å². The molecule has 0 aromatic heterocycles. The maximum Gasteiger partial charge on any atom is 0.254 e. The van der Waals surface area contributed by atoms with Gasteiger partial charge < -0.3 is 15.4 Å². The van der Waals surface area contributed by atoms with Gasteiger partial charge in [0.15, 0.2) is 0 Å². The Balaban J connectivity index is 2.17. The Kier molecular flexibility index (Phi) is 4.16. The van der Waals surface area contributed by atoms with Crippen molar-refractivity contribution in [2.24, 2.45) is 0 Å². The fourth-order valence-corrected chi connectivity index (χ4v) is 2.65. The molecule has 1 fully saturated rings. The van der Waals surface area contributed by atoms with E-state index < -0.39 is 0 Å². The summed E-state index contributed by atoms with van der Waals surface area (Å²) in [5.74, 6) is 0.0159. The molecule has 1 heterocycles. The number of benzene rings is 1. The molecule has 0 bridgehead atoms. The van der Waals surface area contributed by atoms with E-state index in [2.05, 4.69) is 15.9 Å². The van der Waals surface area contributed by atoms with Crippen molar-refractivity contribution in [3.05, 3.63) is 28.2 Å². The summed E-state index contributed by atoms with van der Waals surface area (Å²) in [6.45, 7) is 3.44. The summed E-state index contributed by atoms with van der Waals surface area (Å²) in [5, 5.41) is 0. The molecule has 1 aliphatic rings. The Morgan fingerprint density at radius 3 is 2.89 bits per heavy atom. The van der Waals surface area contributed by atoms with Crippen LogP contribution in [0.3, 0.4) is 0 Å². The van der Waals surface area contributed by atoms with Crippen LogP contribution in [0.15, 0.2) is 22.7 Å². The molecular formula is C14H19BrN2O2. The van der Waals surface area contributed by atoms with Crippen molar-refractivity contribution >= 4 is 27.5 Å². The molecule has 0 radical (unpaired) electrons. The Bertz CT molecular complexity index is 492. The minimum atomic E-state index is -0.241. The van der Waals surface area contributed by atoms with Crippen molar-refractivity contribution in [3.8, 4) is 0 Å². The van der Waals surface area contributed by atoms with Crippen LogP contribution in [0, 0.1) is 0 Å². The molecule has 1 unspecified atom stereocenters. The zero-order valence-corrected chi connectivity index (χ0v) is 12.9. The summed E-state index contributed by atoms with van der Waals surface area (Å²) in [6.07, 6.45) is 1.94. The van der Waals surface area contributed by atoms with Crippen LogP contribution >= 0.6 is 15.9 Å². The van der Waals surface area contributed by atoms with Crippen LogP contribution in [0.5, 0.6) is 0 Å². The Labute approximate surface area is 122 Å². The number of anilines is 1. The van der Waals surface area contributed by atoms with E-state index in [1.807, 2.05) is 17.9 Å². The number of nitrogens with zero attached hydrogens (tertiary/aromatic N) is 1. The lowest BCUT2D eigenvalue weighted by Crippen LogP contribution is -2.49. The fraction of sp³-hybridized carbons (Fsp3) is 0.500. The van der Waals surface area contributed by atoms with E-state index >= 15 is 0 Å². The van der Waals surface area contributed by atoms with Gasteiger partial charge in [-0.25, -0.2) is 0 Å². The Morgan fingerprint density at radius 1 is 1.53 bits per heavy atom. The molecule has 1 aromatic rings. The summed E-state index contributed by atoms with van der Waals surface area (Å²) < 4.78 is 6.32. The number of hydrogen-bond donors (Lipinski definition) is 1. The van der Waals surface area contributed by atoms with E-state index in [-0.39, 0.29) is 11.5 Å². The van der Waals surface area contributed by atoms with Crippen molar-refractivity contribution in [1.82, 2.24) is 4.90 Å². The molecule has 104 valence electrons. The molecule has 1 aromatic carbocycles. The number of likely N-dealkylation sites (tertiary alicyclic amines) is 1. The first-order valence-electron chi connectivity index (χ1n) is 6.35. The largest absolute Gasteiger partial charge is 0.398 e. The number of rotatable bonds is 2. The molecule has 1 saturated heterocycles. The van der Waals surface area contributed by atoms with E-state index in [0.29, 0.717) is 17.8 Å². The van der Waals surface area contributed by atoms with Crippen LogP contribution in [0.4, 0.5) is 5.69 Å². The van der Waals surface area contributed by atoms with Gasteiger partial charge in [-0.05, 0) is 53.9 Å². The van der Waals surface area contributed by atoms with E-state index in [1.54, 1.807) is 19.2 Å². The number of nitrogens with two attached hydrogens (primary N) is 1. The minimum Gasteiger partial charge on any atom is -0.398 e. The average molecular weight is 327 g/mol. The number of piperidine rings is 1. The van der Waals surface area contributed by atoms with Gasteiger partial charge in [-0.3, -0.25) is 4.79 Å². The van der Waals surface area contributed by atoms with Crippen molar-refractivity contribution < 1.29 is 9.53 Å². The number of methoxy groups -OCH3 is 1. The van der Waals surface area contributed by atoms with E-state index in [9.17, 15) is 4.79 Å². The van der Waals surface area contributed by atoms with Gasteiger partial charge in [0.05, 0.1) is 5.60 Å². The molecule has 4 nitrogen and oxygen atoms in total. The van der Waals surface area contributed by atoms with Crippen LogP contribution in [0.25, 0.3) is 0 Å². The summed E-state index contributed by atoms with van der Waals surface area (Å²) in [5.41, 5.74) is 6.79. The highest BCUT2D eigenvalue weighted by molar-refractivity contribution is 9.10. The van der Waals surface area contributed by atoms with Gasteiger partial charge in [-0.2, -0.15) is 0 Å². The zero-order valence-electron chi connectivity index (χ0n) is 11.3. The second-order valence-corrected chi connectivity index (χ2v) is 6.07. The first kappa shape index (κ1) is 14.3. The lowest BCUT2D eigenvalue weighted by atomic mass is 9.94. The second-order valence-electron chi connectivity index (χ2n) is 5.22. The standard InChI is InChI=1S/C14H19BrN2O2/c1-14(19-2)6-3-7-17(9-14)13(18)10-4-5-11(15)12(16)8-10/h4-5,8H,3,6-7,9,16H2,1-2H3. The average Bonchev–Trinajstić information content (AvgIpc) is 2.41. The fourth-order valence-electron chi connectivity index (χ4n) is 2.41. The number of amides is 1. The van der Waals surface area contributed by atoms with Gasteiger partial charge in [-0.15, -0.1) is 0 Å². The molecular weight excluding hydrogens is 308 g/mol. The number of halogens is 1. The first-order chi connectivity index (χ1) is 8.95. The third-order valence-electron chi connectivity index (χ3n) is 3.68. The summed E-state index contributed by atoms with van der Waals surface area (Å²) >= 11 is 3.33. The molecule has 19 heavy (non-hydrogen) atoms. The van der Waals surface area contributed by atoms with Gasteiger partial charge in [0, 0.05) is 35.9 Å². The molecule has 5 heteroatoms. The quantitative estimate of drug-likeness (QED) is 0.850. The molecule has 1 atom stereocenters. The predicted molar refractivity (Wildman–Crippen MR) is 79.1 cm³/mol. The minimum absolute atomic E-state index is 0.0159. The van der Waals surface area contributed by atoms with E-state index in [1.165, 1.54) is 0 Å². The normalized spacial score (nSPS) is 23.4. The topological polar surface area (TPSA) is 55.6 Å². The van der Waals surface area contributed by atoms with Gasteiger partial charge in [0.25, 0.3) is 5.91 Å². The van der Waals surface area contributed by atoms with Crippen LogP contribution < -0.4 is 5.73 Å². The highest BCUT2D eigenvalue weighted by Crippen LogP contribution is 2.26. The maximum absolute atomic E-state index is 12.5. The summed E-state index contributed by atoms with van der Waals surface area (Å²) in [4.78, 5) is 14.3. The zero-order chi connectivity index (χ0) is 14.0. The van der Waals surface area contributed by atoms with Gasteiger partial charge in [0.2, 0.25) is 0 Å². The number of carbonyl (C=O) groups excluding carboxylic acids is 1. The summed E-state index contributed by atoms with van der Waals surface area (Å²) in [7, 11) is 1.70. The number of carbonyl (C=O) groups is 1. The van der Waals surface area contributed by atoms with Crippen molar-refractivity contribution in [2.75, 3.05) is 25.9 Å². The number of hydrogen-bond acceptors (Lipinski definition) is 3. The van der Waals surface area contributed by atoms with Crippen LogP contribution in [0.2, 0.25) is 0 Å². The molecule has 2 rings (SSSR count). The number of ether oxygens (including phenoxy) is 1. The summed E-state index contributed by atoms with van der Waals surface area (Å²) in [6, 6.07) is 5.31. The predicted octanol–water partition coefficient (Wildman–Crippen LogP) is 2.67.